The summed E-state index contributed by atoms with van der Waals surface area (Å²) in [5.74, 6) is -1.13. The van der Waals surface area contributed by atoms with Crippen LogP contribution in [0, 0.1) is 0 Å². The Morgan fingerprint density at radius 1 is 1.35 bits per heavy atom. The first kappa shape index (κ1) is 11.6. The van der Waals surface area contributed by atoms with E-state index in [1.807, 2.05) is 6.07 Å². The van der Waals surface area contributed by atoms with Crippen molar-refractivity contribution in [3.63, 3.8) is 0 Å². The van der Waals surface area contributed by atoms with Crippen molar-refractivity contribution in [2.75, 3.05) is 0 Å². The van der Waals surface area contributed by atoms with Crippen molar-refractivity contribution >= 4 is 11.9 Å². The van der Waals surface area contributed by atoms with Gasteiger partial charge in [-0.2, -0.15) is 0 Å². The van der Waals surface area contributed by atoms with Gasteiger partial charge in [-0.3, -0.25) is 4.79 Å². The van der Waals surface area contributed by atoms with E-state index < -0.39 is 11.5 Å². The molecule has 4 heteroatoms. The Balaban J connectivity index is 2.27. The van der Waals surface area contributed by atoms with Crippen LogP contribution in [0.15, 0.2) is 30.3 Å². The van der Waals surface area contributed by atoms with E-state index in [4.69, 9.17) is 0 Å². The van der Waals surface area contributed by atoms with E-state index in [2.05, 4.69) is 0 Å². The van der Waals surface area contributed by atoms with Crippen LogP contribution < -0.4 is 0 Å². The third-order valence-electron chi connectivity index (χ3n) is 3.59. The van der Waals surface area contributed by atoms with Crippen molar-refractivity contribution < 1.29 is 14.7 Å². The summed E-state index contributed by atoms with van der Waals surface area (Å²) >= 11 is 0. The third kappa shape index (κ3) is 1.52. The minimum atomic E-state index is -1.01. The highest BCUT2D eigenvalue weighted by molar-refractivity contribution is 6.02. The first-order valence-electron chi connectivity index (χ1n) is 5.67. The summed E-state index contributed by atoms with van der Waals surface area (Å²) in [4.78, 5) is 24.9. The summed E-state index contributed by atoms with van der Waals surface area (Å²) < 4.78 is 0. The Kier molecular flexibility index (Phi) is 2.65. The van der Waals surface area contributed by atoms with Gasteiger partial charge in [-0.15, -0.1) is 0 Å². The minimum absolute atomic E-state index is 0.206. The van der Waals surface area contributed by atoms with Gasteiger partial charge in [0.1, 0.15) is 0 Å². The molecule has 90 valence electrons. The van der Waals surface area contributed by atoms with Crippen LogP contribution in [-0.4, -0.2) is 33.5 Å². The molecule has 2 atom stereocenters. The number of carbonyl (C=O) groups is 2. The lowest BCUT2D eigenvalue weighted by molar-refractivity contribution is -0.141. The molecule has 1 aliphatic heterocycles. The number of carboxylic acid groups (broad SMARTS) is 1. The van der Waals surface area contributed by atoms with Crippen LogP contribution in [0.5, 0.6) is 0 Å². The monoisotopic (exact) mass is 233 g/mol. The van der Waals surface area contributed by atoms with Gasteiger partial charge in [-0.05, 0) is 25.5 Å². The summed E-state index contributed by atoms with van der Waals surface area (Å²) in [7, 11) is 0. The molecule has 0 saturated carbocycles. The quantitative estimate of drug-likeness (QED) is 0.809. The average Bonchev–Trinajstić information content (AvgIpc) is 2.96. The molecular weight excluding hydrogens is 218 g/mol. The fraction of sp³-hybridized carbons (Fsp3) is 0.385. The molecule has 4 nitrogen and oxygen atoms in total. The van der Waals surface area contributed by atoms with Crippen LogP contribution in [0.2, 0.25) is 0 Å². The number of hydrogen-bond donors (Lipinski definition) is 1. The molecular formula is C13H15NO3. The lowest BCUT2D eigenvalue weighted by atomic mass is 10.0. The molecule has 0 spiro atoms. The second kappa shape index (κ2) is 3.87. The normalized spacial score (nSPS) is 26.7. The Labute approximate surface area is 99.9 Å². The molecule has 1 amide bonds. The molecule has 1 saturated heterocycles. The number of nitrogens with zero attached hydrogens (tertiary/aromatic N) is 1. The fourth-order valence-electron chi connectivity index (χ4n) is 2.46. The summed E-state index contributed by atoms with van der Waals surface area (Å²) in [5.41, 5.74) is -0.469. The maximum atomic E-state index is 12.2. The SMILES string of the molecule is CC[C@]1(C(=O)O)[C@H](C)N1C(=O)c1ccccc1. The first-order valence-corrected chi connectivity index (χ1v) is 5.67. The largest absolute Gasteiger partial charge is 0.479 e. The predicted octanol–water partition coefficient (Wildman–Crippen LogP) is 1.76. The molecule has 1 aromatic carbocycles. The number of carbonyl (C=O) groups excluding carboxylic acids is 1. The van der Waals surface area contributed by atoms with E-state index in [9.17, 15) is 14.7 Å². The van der Waals surface area contributed by atoms with Gasteiger partial charge >= 0.3 is 5.97 Å². The van der Waals surface area contributed by atoms with Gasteiger partial charge in [0.05, 0.1) is 6.04 Å². The predicted molar refractivity (Wildman–Crippen MR) is 62.7 cm³/mol. The van der Waals surface area contributed by atoms with Gasteiger partial charge in [0.2, 0.25) is 0 Å². The highest BCUT2D eigenvalue weighted by Gasteiger charge is 2.67. The van der Waals surface area contributed by atoms with Gasteiger partial charge in [0.15, 0.2) is 5.54 Å². The summed E-state index contributed by atoms with van der Waals surface area (Å²) in [6.45, 7) is 3.57. The number of aliphatic carboxylic acids is 1. The van der Waals surface area contributed by atoms with Crippen molar-refractivity contribution in [3.05, 3.63) is 35.9 Å². The topological polar surface area (TPSA) is 57.4 Å². The van der Waals surface area contributed by atoms with Crippen molar-refractivity contribution in [1.82, 2.24) is 4.90 Å². The summed E-state index contributed by atoms with van der Waals surface area (Å²) in [6, 6.07) is 8.54. The Morgan fingerprint density at radius 3 is 2.35 bits per heavy atom. The Hall–Kier alpha value is -1.84. The maximum Gasteiger partial charge on any atom is 0.331 e. The zero-order chi connectivity index (χ0) is 12.6. The molecule has 0 radical (unpaired) electrons. The van der Waals surface area contributed by atoms with Crippen LogP contribution in [0.1, 0.15) is 30.6 Å². The molecule has 0 aliphatic carbocycles. The van der Waals surface area contributed by atoms with Crippen LogP contribution in [0.25, 0.3) is 0 Å². The lowest BCUT2D eigenvalue weighted by Crippen LogP contribution is -2.31. The van der Waals surface area contributed by atoms with E-state index >= 15 is 0 Å². The Bertz CT molecular complexity index is 457. The zero-order valence-electron chi connectivity index (χ0n) is 9.88. The van der Waals surface area contributed by atoms with Crippen LogP contribution in [-0.2, 0) is 4.79 Å². The van der Waals surface area contributed by atoms with Gasteiger partial charge in [0, 0.05) is 5.56 Å². The molecule has 1 heterocycles. The third-order valence-corrected chi connectivity index (χ3v) is 3.59. The zero-order valence-corrected chi connectivity index (χ0v) is 9.88. The molecule has 0 unspecified atom stereocenters. The molecule has 0 bridgehead atoms. The smallest absolute Gasteiger partial charge is 0.331 e. The van der Waals surface area contributed by atoms with Gasteiger partial charge in [-0.25, -0.2) is 4.79 Å². The van der Waals surface area contributed by atoms with Crippen LogP contribution in [0.3, 0.4) is 0 Å². The van der Waals surface area contributed by atoms with Gasteiger partial charge in [0.25, 0.3) is 5.91 Å². The van der Waals surface area contributed by atoms with Gasteiger partial charge < -0.3 is 10.0 Å². The van der Waals surface area contributed by atoms with E-state index in [-0.39, 0.29) is 11.9 Å². The molecule has 1 fully saturated rings. The summed E-state index contributed by atoms with van der Waals surface area (Å²) in [6.07, 6.45) is 0.433. The number of rotatable bonds is 3. The molecule has 17 heavy (non-hydrogen) atoms. The molecule has 1 aliphatic rings. The second-order valence-corrected chi connectivity index (χ2v) is 4.30. The Morgan fingerprint density at radius 2 is 1.94 bits per heavy atom. The number of benzene rings is 1. The van der Waals surface area contributed by atoms with Crippen molar-refractivity contribution in [1.29, 1.82) is 0 Å². The highest BCUT2D eigenvalue weighted by Crippen LogP contribution is 2.45. The lowest BCUT2D eigenvalue weighted by Gasteiger charge is -2.10. The summed E-state index contributed by atoms with van der Waals surface area (Å²) in [5, 5.41) is 9.25. The number of amides is 1. The van der Waals surface area contributed by atoms with Gasteiger partial charge in [-0.1, -0.05) is 25.1 Å². The van der Waals surface area contributed by atoms with Crippen molar-refractivity contribution in [2.45, 2.75) is 31.8 Å². The van der Waals surface area contributed by atoms with E-state index in [0.29, 0.717) is 12.0 Å². The molecule has 1 N–H and O–H groups in total. The van der Waals surface area contributed by atoms with Crippen molar-refractivity contribution in [2.24, 2.45) is 0 Å². The van der Waals surface area contributed by atoms with Crippen LogP contribution in [0.4, 0.5) is 0 Å². The average molecular weight is 233 g/mol. The van der Waals surface area contributed by atoms with Crippen molar-refractivity contribution in [3.8, 4) is 0 Å². The first-order chi connectivity index (χ1) is 8.05. The minimum Gasteiger partial charge on any atom is -0.479 e. The highest BCUT2D eigenvalue weighted by atomic mass is 16.4. The molecule has 2 rings (SSSR count). The van der Waals surface area contributed by atoms with E-state index in [1.54, 1.807) is 38.1 Å². The fourth-order valence-corrected chi connectivity index (χ4v) is 2.46. The standard InChI is InChI=1S/C13H15NO3/c1-3-13(12(16)17)9(2)14(13)11(15)10-7-5-4-6-8-10/h4-9H,3H2,1-2H3,(H,16,17)/t9-,13+,14?/m0/s1. The maximum absolute atomic E-state index is 12.2. The van der Waals surface area contributed by atoms with E-state index in [0.717, 1.165) is 0 Å². The number of hydrogen-bond acceptors (Lipinski definition) is 2. The molecule has 0 aromatic heterocycles. The molecule has 1 aromatic rings. The second-order valence-electron chi connectivity index (χ2n) is 4.30. The number of carboxylic acids is 1. The van der Waals surface area contributed by atoms with E-state index in [1.165, 1.54) is 4.90 Å². The van der Waals surface area contributed by atoms with Crippen LogP contribution >= 0.6 is 0 Å².